The maximum absolute atomic E-state index is 13.2. The number of nitrogens with zero attached hydrogens (tertiary/aromatic N) is 2. The van der Waals surface area contributed by atoms with Crippen LogP contribution in [0.4, 0.5) is 13.2 Å². The van der Waals surface area contributed by atoms with Crippen LogP contribution >= 0.6 is 0 Å². The lowest BCUT2D eigenvalue weighted by atomic mass is 10.1. The second-order valence-corrected chi connectivity index (χ2v) is 7.47. The van der Waals surface area contributed by atoms with Gasteiger partial charge in [-0.25, -0.2) is 18.5 Å². The molecule has 0 aliphatic heterocycles. The number of hydrogen-bond acceptors (Lipinski definition) is 3. The lowest BCUT2D eigenvalue weighted by Crippen LogP contribution is -2.11. The molecule has 1 heterocycles. The summed E-state index contributed by atoms with van der Waals surface area (Å²) in [6.45, 7) is 1.98. The summed E-state index contributed by atoms with van der Waals surface area (Å²) in [6.07, 6.45) is -2.88. The third-order valence-electron chi connectivity index (χ3n) is 4.06. The number of primary sulfonamides is 1. The summed E-state index contributed by atoms with van der Waals surface area (Å²) in [7, 11) is -3.90. The summed E-state index contributed by atoms with van der Waals surface area (Å²) in [5, 5.41) is 5.06. The number of imidazole rings is 1. The van der Waals surface area contributed by atoms with E-state index in [1.165, 1.54) is 28.8 Å². The number of nitrogens with two attached hydrogens (primary N) is 1. The molecule has 2 N–H and O–H groups in total. The van der Waals surface area contributed by atoms with Crippen molar-refractivity contribution in [1.29, 1.82) is 0 Å². The molecule has 3 rings (SSSR count). The highest BCUT2D eigenvalue weighted by Gasteiger charge is 2.35. The van der Waals surface area contributed by atoms with Crippen molar-refractivity contribution < 1.29 is 21.6 Å². The van der Waals surface area contributed by atoms with Crippen molar-refractivity contribution >= 4 is 10.0 Å². The predicted octanol–water partition coefficient (Wildman–Crippen LogP) is 3.77. The van der Waals surface area contributed by atoms with E-state index in [-0.39, 0.29) is 10.7 Å². The summed E-state index contributed by atoms with van der Waals surface area (Å²) < 4.78 is 63.6. The molecule has 0 saturated carbocycles. The van der Waals surface area contributed by atoms with Gasteiger partial charge in [-0.3, -0.25) is 4.57 Å². The topological polar surface area (TPSA) is 78.0 Å². The van der Waals surface area contributed by atoms with Gasteiger partial charge in [-0.05, 0) is 48.4 Å². The van der Waals surface area contributed by atoms with E-state index in [1.54, 1.807) is 12.1 Å². The van der Waals surface area contributed by atoms with Crippen LogP contribution in [0.3, 0.4) is 0 Å². The van der Waals surface area contributed by atoms with Crippen molar-refractivity contribution in [2.75, 3.05) is 0 Å². The Hall–Kier alpha value is -2.65. The molecule has 3 aromatic rings. The molecule has 0 unspecified atom stereocenters. The zero-order chi connectivity index (χ0) is 19.8. The molecule has 2 aromatic carbocycles. The van der Waals surface area contributed by atoms with E-state index in [4.69, 9.17) is 5.14 Å². The minimum atomic E-state index is -4.61. The van der Waals surface area contributed by atoms with E-state index in [2.05, 4.69) is 4.98 Å². The number of aromatic nitrogens is 2. The van der Waals surface area contributed by atoms with Crippen molar-refractivity contribution in [3.8, 4) is 17.1 Å². The Bertz CT molecular complexity index is 1050. The average Bonchev–Trinajstić information content (AvgIpc) is 3.07. The Morgan fingerprint density at radius 3 is 2.11 bits per heavy atom. The Balaban J connectivity index is 2.14. The van der Waals surface area contributed by atoms with Crippen molar-refractivity contribution in [3.63, 3.8) is 0 Å². The lowest BCUT2D eigenvalue weighted by Gasteiger charge is -2.09. The molecule has 5 nitrogen and oxygen atoms in total. The monoisotopic (exact) mass is 395 g/mol. The largest absolute Gasteiger partial charge is 0.434 e. The van der Waals surface area contributed by atoms with Crippen LogP contribution in [0.25, 0.3) is 17.1 Å². The van der Waals surface area contributed by atoms with Crippen molar-refractivity contribution in [2.45, 2.75) is 24.4 Å². The van der Waals surface area contributed by atoms with Crippen molar-refractivity contribution in [1.82, 2.24) is 9.55 Å². The zero-order valence-electron chi connectivity index (χ0n) is 14.2. The number of sulfonamides is 1. The van der Waals surface area contributed by atoms with Gasteiger partial charge in [0.25, 0.3) is 0 Å². The van der Waals surface area contributed by atoms with Crippen LogP contribution in [0.1, 0.15) is 18.2 Å². The number of halogens is 3. The van der Waals surface area contributed by atoms with Crippen molar-refractivity contribution in [2.24, 2.45) is 5.14 Å². The van der Waals surface area contributed by atoms with Gasteiger partial charge >= 0.3 is 6.18 Å². The van der Waals surface area contributed by atoms with Crippen molar-refractivity contribution in [3.05, 3.63) is 66.0 Å². The molecule has 0 aliphatic carbocycles. The first kappa shape index (κ1) is 19.1. The van der Waals surface area contributed by atoms with Crippen LogP contribution in [-0.4, -0.2) is 18.0 Å². The van der Waals surface area contributed by atoms with Gasteiger partial charge in [0, 0.05) is 17.4 Å². The highest BCUT2D eigenvalue weighted by molar-refractivity contribution is 7.89. The average molecular weight is 395 g/mol. The van der Waals surface area contributed by atoms with E-state index in [0.29, 0.717) is 11.3 Å². The van der Waals surface area contributed by atoms with Gasteiger partial charge in [0.2, 0.25) is 10.0 Å². The summed E-state index contributed by atoms with van der Waals surface area (Å²) in [6, 6.07) is 12.3. The van der Waals surface area contributed by atoms with Crippen LogP contribution in [0.2, 0.25) is 0 Å². The van der Waals surface area contributed by atoms with Crippen LogP contribution in [0.15, 0.2) is 59.6 Å². The molecule has 0 fully saturated rings. The van der Waals surface area contributed by atoms with Gasteiger partial charge in [-0.1, -0.05) is 19.1 Å². The lowest BCUT2D eigenvalue weighted by molar-refractivity contribution is -0.140. The molecule has 0 atom stereocenters. The Morgan fingerprint density at radius 2 is 1.63 bits per heavy atom. The molecular formula is C18H16F3N3O2S. The molecule has 0 spiro atoms. The molecule has 142 valence electrons. The molecule has 9 heteroatoms. The molecule has 27 heavy (non-hydrogen) atoms. The summed E-state index contributed by atoms with van der Waals surface area (Å²) in [5.74, 6) is 0.0487. The highest BCUT2D eigenvalue weighted by Crippen LogP contribution is 2.33. The van der Waals surface area contributed by atoms with Gasteiger partial charge in [0.05, 0.1) is 4.90 Å². The minimum absolute atomic E-state index is 0.0487. The Labute approximate surface area is 154 Å². The number of benzene rings is 2. The smallest absolute Gasteiger partial charge is 0.299 e. The molecule has 0 bridgehead atoms. The fourth-order valence-corrected chi connectivity index (χ4v) is 3.12. The fraction of sp³-hybridized carbons (Fsp3) is 0.167. The molecule has 1 aromatic heterocycles. The van der Waals surface area contributed by atoms with Gasteiger partial charge in [-0.15, -0.1) is 0 Å². The van der Waals surface area contributed by atoms with Crippen LogP contribution in [0.5, 0.6) is 0 Å². The van der Waals surface area contributed by atoms with Gasteiger partial charge < -0.3 is 0 Å². The van der Waals surface area contributed by atoms with E-state index in [0.717, 1.165) is 18.2 Å². The summed E-state index contributed by atoms with van der Waals surface area (Å²) >= 11 is 0. The van der Waals surface area contributed by atoms with Gasteiger partial charge in [-0.2, -0.15) is 13.2 Å². The zero-order valence-corrected chi connectivity index (χ0v) is 15.1. The van der Waals surface area contributed by atoms with E-state index >= 15 is 0 Å². The molecule has 0 amide bonds. The van der Waals surface area contributed by atoms with Crippen LogP contribution in [0, 0.1) is 0 Å². The molecular weight excluding hydrogens is 379 g/mol. The number of hydrogen-bond donors (Lipinski definition) is 1. The SMILES string of the molecule is CCc1ccc(-n2cc(C(F)(F)F)nc2-c2ccc(S(N)(=O)=O)cc2)cc1. The van der Waals surface area contributed by atoms with Gasteiger partial charge in [0.15, 0.2) is 5.69 Å². The Morgan fingerprint density at radius 1 is 1.04 bits per heavy atom. The molecule has 0 radical (unpaired) electrons. The minimum Gasteiger partial charge on any atom is -0.299 e. The van der Waals surface area contributed by atoms with Gasteiger partial charge in [0.1, 0.15) is 5.82 Å². The first-order valence-corrected chi connectivity index (χ1v) is 9.53. The second kappa shape index (κ2) is 6.82. The first-order valence-electron chi connectivity index (χ1n) is 7.98. The second-order valence-electron chi connectivity index (χ2n) is 5.91. The highest BCUT2D eigenvalue weighted by atomic mass is 32.2. The van der Waals surface area contributed by atoms with Crippen LogP contribution in [-0.2, 0) is 22.6 Å². The standard InChI is InChI=1S/C18H16F3N3O2S/c1-2-12-3-7-14(8-4-12)24-11-16(18(19,20)21)23-17(24)13-5-9-15(10-6-13)27(22,25)26/h3-11H,2H2,1H3,(H2,22,25,26). The third-order valence-corrected chi connectivity index (χ3v) is 4.99. The normalized spacial score (nSPS) is 12.3. The van der Waals surface area contributed by atoms with E-state index < -0.39 is 21.9 Å². The maximum Gasteiger partial charge on any atom is 0.434 e. The number of rotatable bonds is 4. The number of aryl methyl sites for hydroxylation is 1. The summed E-state index contributed by atoms with van der Waals surface area (Å²) in [4.78, 5) is 3.59. The maximum atomic E-state index is 13.2. The Kier molecular flexibility index (Phi) is 4.83. The third kappa shape index (κ3) is 4.04. The molecule has 0 aliphatic rings. The predicted molar refractivity (Wildman–Crippen MR) is 94.8 cm³/mol. The quantitative estimate of drug-likeness (QED) is 0.731. The first-order chi connectivity index (χ1) is 12.6. The number of alkyl halides is 3. The van der Waals surface area contributed by atoms with E-state index in [1.807, 2.05) is 19.1 Å². The van der Waals surface area contributed by atoms with Crippen LogP contribution < -0.4 is 5.14 Å². The summed E-state index contributed by atoms with van der Waals surface area (Å²) in [5.41, 5.74) is 0.861. The fourth-order valence-electron chi connectivity index (χ4n) is 2.60. The molecule has 0 saturated heterocycles. The van der Waals surface area contributed by atoms with E-state index in [9.17, 15) is 21.6 Å².